The Labute approximate surface area is 156 Å². The lowest BCUT2D eigenvalue weighted by Crippen LogP contribution is -2.36. The van der Waals surface area contributed by atoms with Crippen LogP contribution in [0.5, 0.6) is 0 Å². The summed E-state index contributed by atoms with van der Waals surface area (Å²) in [4.78, 5) is 25.2. The van der Waals surface area contributed by atoms with Gasteiger partial charge in [0.25, 0.3) is 5.91 Å². The first-order chi connectivity index (χ1) is 12.7. The van der Waals surface area contributed by atoms with Gasteiger partial charge in [-0.05, 0) is 35.7 Å². The zero-order chi connectivity index (χ0) is 18.4. The van der Waals surface area contributed by atoms with Crippen LogP contribution in [0, 0.1) is 0 Å². The van der Waals surface area contributed by atoms with E-state index in [2.05, 4.69) is 47.0 Å². The topological polar surface area (TPSA) is 58.2 Å². The third kappa shape index (κ3) is 4.37. The fraction of sp³-hybridized carbons (Fsp3) is 0.143. The molecule has 132 valence electrons. The summed E-state index contributed by atoms with van der Waals surface area (Å²) in [5, 5.41) is 5.29. The number of nitrogens with one attached hydrogen (secondary N) is 2. The van der Waals surface area contributed by atoms with Crippen LogP contribution in [0.4, 0.5) is 0 Å². The fourth-order valence-electron chi connectivity index (χ4n) is 2.58. The Bertz CT molecular complexity index is 886. The summed E-state index contributed by atoms with van der Waals surface area (Å²) >= 11 is 1.42. The first kappa shape index (κ1) is 17.9. The summed E-state index contributed by atoms with van der Waals surface area (Å²) in [6.45, 7) is 2.39. The second-order valence-electron chi connectivity index (χ2n) is 5.74. The van der Waals surface area contributed by atoms with Crippen LogP contribution in [-0.4, -0.2) is 24.9 Å². The maximum absolute atomic E-state index is 12.2. The van der Waals surface area contributed by atoms with E-state index < -0.39 is 0 Å². The molecule has 0 aliphatic carbocycles. The molecule has 3 aromatic rings. The Morgan fingerprint density at radius 3 is 2.15 bits per heavy atom. The summed E-state index contributed by atoms with van der Waals surface area (Å²) in [6.07, 6.45) is 0. The average molecular weight is 364 g/mol. The number of hydrogen-bond donors (Lipinski definition) is 2. The summed E-state index contributed by atoms with van der Waals surface area (Å²) in [6, 6.07) is 22.2. The summed E-state index contributed by atoms with van der Waals surface area (Å²) in [7, 11) is 0. The van der Waals surface area contributed by atoms with Crippen molar-refractivity contribution in [1.29, 1.82) is 0 Å². The van der Waals surface area contributed by atoms with Crippen LogP contribution in [0.15, 0.2) is 66.7 Å². The molecular weight excluding hydrogens is 344 g/mol. The highest BCUT2D eigenvalue weighted by Gasteiger charge is 2.11. The molecule has 1 heterocycles. The van der Waals surface area contributed by atoms with Gasteiger partial charge in [0.05, 0.1) is 11.4 Å². The van der Waals surface area contributed by atoms with Gasteiger partial charge in [-0.15, -0.1) is 11.3 Å². The van der Waals surface area contributed by atoms with E-state index in [4.69, 9.17) is 0 Å². The van der Waals surface area contributed by atoms with Gasteiger partial charge in [-0.2, -0.15) is 0 Å². The van der Waals surface area contributed by atoms with E-state index in [1.54, 1.807) is 6.07 Å². The van der Waals surface area contributed by atoms with Crippen LogP contribution in [0.25, 0.3) is 21.6 Å². The normalized spacial score (nSPS) is 10.3. The van der Waals surface area contributed by atoms with E-state index in [1.807, 2.05) is 31.2 Å². The van der Waals surface area contributed by atoms with Crippen molar-refractivity contribution < 1.29 is 9.59 Å². The van der Waals surface area contributed by atoms with Crippen LogP contribution in [-0.2, 0) is 4.79 Å². The van der Waals surface area contributed by atoms with Crippen molar-refractivity contribution in [1.82, 2.24) is 10.6 Å². The van der Waals surface area contributed by atoms with E-state index in [-0.39, 0.29) is 18.4 Å². The molecule has 0 spiro atoms. The maximum atomic E-state index is 12.2. The number of benzene rings is 2. The van der Waals surface area contributed by atoms with Crippen LogP contribution in [0.1, 0.15) is 16.6 Å². The monoisotopic (exact) mass is 364 g/mol. The highest BCUT2D eigenvalue weighted by atomic mass is 32.1. The number of rotatable bonds is 6. The molecule has 0 aliphatic rings. The molecule has 0 saturated heterocycles. The molecule has 0 atom stereocenters. The van der Waals surface area contributed by atoms with Gasteiger partial charge in [0.2, 0.25) is 5.91 Å². The molecule has 26 heavy (non-hydrogen) atoms. The van der Waals surface area contributed by atoms with Crippen molar-refractivity contribution in [3.8, 4) is 21.6 Å². The summed E-state index contributed by atoms with van der Waals surface area (Å²) in [5.74, 6) is -0.414. The molecule has 0 bridgehead atoms. The molecule has 3 rings (SSSR count). The van der Waals surface area contributed by atoms with Crippen molar-refractivity contribution in [2.75, 3.05) is 13.1 Å². The zero-order valence-electron chi connectivity index (χ0n) is 14.5. The predicted molar refractivity (Wildman–Crippen MR) is 106 cm³/mol. The van der Waals surface area contributed by atoms with Crippen LogP contribution >= 0.6 is 11.3 Å². The molecule has 0 saturated carbocycles. The molecule has 2 N–H and O–H groups in total. The molecular formula is C21H20N2O2S. The minimum Gasteiger partial charge on any atom is -0.355 e. The predicted octanol–water partition coefficient (Wildman–Crippen LogP) is 3.95. The fourth-order valence-corrected chi connectivity index (χ4v) is 3.51. The van der Waals surface area contributed by atoms with E-state index >= 15 is 0 Å². The largest absolute Gasteiger partial charge is 0.355 e. The van der Waals surface area contributed by atoms with Gasteiger partial charge >= 0.3 is 0 Å². The highest BCUT2D eigenvalue weighted by Crippen LogP contribution is 2.30. The average Bonchev–Trinajstić information content (AvgIpc) is 3.17. The molecule has 0 aliphatic heterocycles. The van der Waals surface area contributed by atoms with Gasteiger partial charge in [0.15, 0.2) is 0 Å². The van der Waals surface area contributed by atoms with Gasteiger partial charge in [-0.3, -0.25) is 9.59 Å². The van der Waals surface area contributed by atoms with Crippen molar-refractivity contribution in [3.63, 3.8) is 0 Å². The first-order valence-corrected chi connectivity index (χ1v) is 9.29. The summed E-state index contributed by atoms with van der Waals surface area (Å²) < 4.78 is 0. The number of carbonyl (C=O) groups is 2. The van der Waals surface area contributed by atoms with Crippen LogP contribution < -0.4 is 10.6 Å². The molecule has 0 unspecified atom stereocenters. The third-order valence-corrected chi connectivity index (χ3v) is 5.02. The standard InChI is InChI=1S/C21H20N2O2S/c1-2-22-20(24)14-23-21(25)19-13-12-18(26-19)17-10-8-16(9-11-17)15-6-4-3-5-7-15/h3-13H,2,14H2,1H3,(H,22,24)(H,23,25). The van der Waals surface area contributed by atoms with E-state index in [1.165, 1.54) is 16.9 Å². The number of thiophene rings is 1. The SMILES string of the molecule is CCNC(=O)CNC(=O)c1ccc(-c2ccc(-c3ccccc3)cc2)s1. The highest BCUT2D eigenvalue weighted by molar-refractivity contribution is 7.17. The van der Waals surface area contributed by atoms with Crippen LogP contribution in [0.3, 0.4) is 0 Å². The lowest BCUT2D eigenvalue weighted by Gasteiger charge is -2.04. The molecule has 0 radical (unpaired) electrons. The Morgan fingerprint density at radius 1 is 0.808 bits per heavy atom. The number of amides is 2. The second-order valence-corrected chi connectivity index (χ2v) is 6.83. The Balaban J connectivity index is 1.67. The Kier molecular flexibility index (Phi) is 5.81. The lowest BCUT2D eigenvalue weighted by molar-refractivity contribution is -0.120. The number of likely N-dealkylation sites (N-methyl/N-ethyl adjacent to an activating group) is 1. The van der Waals surface area contributed by atoms with Gasteiger partial charge < -0.3 is 10.6 Å². The molecule has 5 heteroatoms. The lowest BCUT2D eigenvalue weighted by atomic mass is 10.0. The number of hydrogen-bond acceptors (Lipinski definition) is 3. The second kappa shape index (κ2) is 8.45. The zero-order valence-corrected chi connectivity index (χ0v) is 15.3. The van der Waals surface area contributed by atoms with Crippen LogP contribution in [0.2, 0.25) is 0 Å². The molecule has 1 aromatic heterocycles. The van der Waals surface area contributed by atoms with Gasteiger partial charge in [0, 0.05) is 11.4 Å². The van der Waals surface area contributed by atoms with Crippen molar-refractivity contribution >= 4 is 23.2 Å². The minimum atomic E-state index is -0.228. The molecule has 2 amide bonds. The number of carbonyl (C=O) groups excluding carboxylic acids is 2. The third-order valence-electron chi connectivity index (χ3n) is 3.89. The summed E-state index contributed by atoms with van der Waals surface area (Å²) in [5.41, 5.74) is 3.40. The Morgan fingerprint density at radius 2 is 1.46 bits per heavy atom. The molecule has 2 aromatic carbocycles. The maximum Gasteiger partial charge on any atom is 0.261 e. The van der Waals surface area contributed by atoms with Crippen molar-refractivity contribution in [2.24, 2.45) is 0 Å². The van der Waals surface area contributed by atoms with E-state index in [0.29, 0.717) is 11.4 Å². The van der Waals surface area contributed by atoms with E-state index in [0.717, 1.165) is 16.0 Å². The van der Waals surface area contributed by atoms with Gasteiger partial charge in [-0.1, -0.05) is 54.6 Å². The molecule has 4 nitrogen and oxygen atoms in total. The van der Waals surface area contributed by atoms with Gasteiger partial charge in [0.1, 0.15) is 0 Å². The van der Waals surface area contributed by atoms with Crippen molar-refractivity contribution in [3.05, 3.63) is 71.6 Å². The van der Waals surface area contributed by atoms with Gasteiger partial charge in [-0.25, -0.2) is 0 Å². The van der Waals surface area contributed by atoms with Crippen molar-refractivity contribution in [2.45, 2.75) is 6.92 Å². The quantitative estimate of drug-likeness (QED) is 0.696. The minimum absolute atomic E-state index is 0.00825. The first-order valence-electron chi connectivity index (χ1n) is 8.48. The van der Waals surface area contributed by atoms with E-state index in [9.17, 15) is 9.59 Å². The smallest absolute Gasteiger partial charge is 0.261 e. The molecule has 0 fully saturated rings. The Hall–Kier alpha value is -2.92.